The summed E-state index contributed by atoms with van der Waals surface area (Å²) in [5.74, 6) is -0.318. The minimum absolute atomic E-state index is 0.318. The second kappa shape index (κ2) is 5.61. The molecule has 0 N–H and O–H groups in total. The molecule has 0 fully saturated rings. The van der Waals surface area contributed by atoms with E-state index in [4.69, 9.17) is 5.26 Å². The van der Waals surface area contributed by atoms with Gasteiger partial charge in [-0.15, -0.1) is 0 Å². The molecule has 0 atom stereocenters. The minimum atomic E-state index is -0.318. The van der Waals surface area contributed by atoms with E-state index in [0.717, 1.165) is 10.0 Å². The van der Waals surface area contributed by atoms with Crippen molar-refractivity contribution in [2.75, 3.05) is 0 Å². The Labute approximate surface area is 113 Å². The molecule has 0 radical (unpaired) electrons. The largest absolute Gasteiger partial charge is 0.206 e. The average Bonchev–Trinajstić information content (AvgIpc) is 2.41. The molecule has 0 aromatic heterocycles. The van der Waals surface area contributed by atoms with Crippen LogP contribution in [0.4, 0.5) is 4.39 Å². The molecule has 2 aromatic rings. The third-order valence-corrected chi connectivity index (χ3v) is 2.98. The molecule has 2 aromatic carbocycles. The molecule has 88 valence electrons. The summed E-state index contributed by atoms with van der Waals surface area (Å²) in [7, 11) is 0. The highest BCUT2D eigenvalue weighted by molar-refractivity contribution is 9.10. The Morgan fingerprint density at radius 1 is 1.06 bits per heavy atom. The lowest BCUT2D eigenvalue weighted by molar-refractivity contribution is 0.765. The van der Waals surface area contributed by atoms with Crippen molar-refractivity contribution in [3.05, 3.63) is 69.7 Å². The molecule has 1 nitrogen and oxygen atoms in total. The highest BCUT2D eigenvalue weighted by atomic mass is 79.9. The van der Waals surface area contributed by atoms with Crippen molar-refractivity contribution in [1.29, 1.82) is 5.26 Å². The first kappa shape index (κ1) is 12.5. The Bertz CT molecular complexity index is 606. The zero-order valence-corrected chi connectivity index (χ0v) is 11.0. The zero-order chi connectivity index (χ0) is 13.0. The van der Waals surface area contributed by atoms with Gasteiger partial charge in [0, 0.05) is 10.0 Å². The molecule has 0 bridgehead atoms. The lowest BCUT2D eigenvalue weighted by Gasteiger charge is -1.99. The lowest BCUT2D eigenvalue weighted by Crippen LogP contribution is -1.80. The lowest BCUT2D eigenvalue weighted by atomic mass is 10.1. The molecule has 0 saturated carbocycles. The summed E-state index contributed by atoms with van der Waals surface area (Å²) >= 11 is 3.33. The SMILES string of the molecule is N#Cc1ccc(/C(F)=C/c2ccc(Br)cc2)cc1. The van der Waals surface area contributed by atoms with E-state index in [-0.39, 0.29) is 5.83 Å². The van der Waals surface area contributed by atoms with Gasteiger partial charge >= 0.3 is 0 Å². The van der Waals surface area contributed by atoms with Crippen LogP contribution in [0.1, 0.15) is 16.7 Å². The number of halogens is 2. The van der Waals surface area contributed by atoms with Crippen LogP contribution >= 0.6 is 15.9 Å². The molecule has 0 aliphatic carbocycles. The number of nitrogens with zero attached hydrogens (tertiary/aromatic N) is 1. The summed E-state index contributed by atoms with van der Waals surface area (Å²) in [4.78, 5) is 0. The molecular formula is C15H9BrFN. The molecule has 0 aliphatic rings. The van der Waals surface area contributed by atoms with Crippen molar-refractivity contribution in [1.82, 2.24) is 0 Å². The van der Waals surface area contributed by atoms with Crippen molar-refractivity contribution in [3.8, 4) is 6.07 Å². The van der Waals surface area contributed by atoms with E-state index in [9.17, 15) is 4.39 Å². The molecule has 0 heterocycles. The van der Waals surface area contributed by atoms with Gasteiger partial charge in [-0.05, 0) is 35.9 Å². The minimum Gasteiger partial charge on any atom is -0.206 e. The van der Waals surface area contributed by atoms with Gasteiger partial charge in [0.15, 0.2) is 0 Å². The van der Waals surface area contributed by atoms with Gasteiger partial charge in [-0.1, -0.05) is 40.2 Å². The summed E-state index contributed by atoms with van der Waals surface area (Å²) in [6, 6.07) is 15.8. The van der Waals surface area contributed by atoms with Gasteiger partial charge in [-0.2, -0.15) is 5.26 Å². The summed E-state index contributed by atoms with van der Waals surface area (Å²) in [5, 5.41) is 8.67. The summed E-state index contributed by atoms with van der Waals surface area (Å²) in [6.07, 6.45) is 1.47. The average molecular weight is 302 g/mol. The Morgan fingerprint density at radius 2 is 1.67 bits per heavy atom. The Morgan fingerprint density at radius 3 is 2.22 bits per heavy atom. The molecule has 18 heavy (non-hydrogen) atoms. The fourth-order valence-corrected chi connectivity index (χ4v) is 1.76. The van der Waals surface area contributed by atoms with Crippen LogP contribution in [0.3, 0.4) is 0 Å². The highest BCUT2D eigenvalue weighted by Gasteiger charge is 2.00. The van der Waals surface area contributed by atoms with Gasteiger partial charge in [0.25, 0.3) is 0 Å². The molecule has 0 spiro atoms. The fraction of sp³-hybridized carbons (Fsp3) is 0. The third-order valence-electron chi connectivity index (χ3n) is 2.45. The Kier molecular flexibility index (Phi) is 3.91. The van der Waals surface area contributed by atoms with Crippen molar-refractivity contribution in [2.45, 2.75) is 0 Å². The van der Waals surface area contributed by atoms with Crippen LogP contribution in [0.2, 0.25) is 0 Å². The summed E-state index contributed by atoms with van der Waals surface area (Å²) < 4.78 is 14.9. The smallest absolute Gasteiger partial charge is 0.131 e. The van der Waals surface area contributed by atoms with E-state index in [1.165, 1.54) is 6.08 Å². The predicted molar refractivity (Wildman–Crippen MR) is 74.3 cm³/mol. The number of nitriles is 1. The second-order valence-corrected chi connectivity index (χ2v) is 4.65. The van der Waals surface area contributed by atoms with Crippen LogP contribution in [-0.2, 0) is 0 Å². The summed E-state index contributed by atoms with van der Waals surface area (Å²) in [6.45, 7) is 0. The van der Waals surface area contributed by atoms with Gasteiger partial charge in [0.2, 0.25) is 0 Å². The van der Waals surface area contributed by atoms with Crippen molar-refractivity contribution in [3.63, 3.8) is 0 Å². The number of benzene rings is 2. The quantitative estimate of drug-likeness (QED) is 0.732. The van der Waals surface area contributed by atoms with Gasteiger partial charge in [0.05, 0.1) is 11.6 Å². The standard InChI is InChI=1S/C15H9BrFN/c16-14-7-3-11(4-8-14)9-15(17)13-5-1-12(10-18)2-6-13/h1-9H/b15-9-. The maximum Gasteiger partial charge on any atom is 0.131 e. The Balaban J connectivity index is 2.27. The van der Waals surface area contributed by atoms with Crippen LogP contribution in [0.25, 0.3) is 11.9 Å². The maximum atomic E-state index is 13.9. The van der Waals surface area contributed by atoms with E-state index >= 15 is 0 Å². The summed E-state index contributed by atoms with van der Waals surface area (Å²) in [5.41, 5.74) is 1.78. The molecule has 3 heteroatoms. The normalized spacial score (nSPS) is 11.1. The van der Waals surface area contributed by atoms with Crippen molar-refractivity contribution >= 4 is 27.8 Å². The number of rotatable bonds is 2. The van der Waals surface area contributed by atoms with Crippen molar-refractivity contribution in [2.24, 2.45) is 0 Å². The Hall–Kier alpha value is -1.92. The van der Waals surface area contributed by atoms with Crippen LogP contribution in [0.5, 0.6) is 0 Å². The monoisotopic (exact) mass is 301 g/mol. The molecule has 0 saturated heterocycles. The maximum absolute atomic E-state index is 13.9. The molecule has 0 amide bonds. The first-order valence-corrected chi connectivity index (χ1v) is 6.11. The van der Waals surface area contributed by atoms with E-state index < -0.39 is 0 Å². The van der Waals surface area contributed by atoms with E-state index in [1.807, 2.05) is 30.3 Å². The highest BCUT2D eigenvalue weighted by Crippen LogP contribution is 2.21. The topological polar surface area (TPSA) is 23.8 Å². The van der Waals surface area contributed by atoms with Gasteiger partial charge in [-0.3, -0.25) is 0 Å². The van der Waals surface area contributed by atoms with Crippen LogP contribution in [0.15, 0.2) is 53.0 Å². The molecule has 0 unspecified atom stereocenters. The van der Waals surface area contributed by atoms with Crippen LogP contribution < -0.4 is 0 Å². The predicted octanol–water partition coefficient (Wildman–Crippen LogP) is 4.79. The first-order valence-electron chi connectivity index (χ1n) is 5.32. The van der Waals surface area contributed by atoms with E-state index in [0.29, 0.717) is 11.1 Å². The second-order valence-electron chi connectivity index (χ2n) is 3.73. The van der Waals surface area contributed by atoms with Gasteiger partial charge in [0.1, 0.15) is 5.83 Å². The zero-order valence-electron chi connectivity index (χ0n) is 9.40. The first-order chi connectivity index (χ1) is 8.69. The van der Waals surface area contributed by atoms with E-state index in [1.54, 1.807) is 24.3 Å². The fourth-order valence-electron chi connectivity index (χ4n) is 1.49. The van der Waals surface area contributed by atoms with E-state index in [2.05, 4.69) is 15.9 Å². The van der Waals surface area contributed by atoms with Gasteiger partial charge < -0.3 is 0 Å². The molecule has 0 aliphatic heterocycles. The van der Waals surface area contributed by atoms with Gasteiger partial charge in [-0.25, -0.2) is 4.39 Å². The van der Waals surface area contributed by atoms with Crippen LogP contribution in [0, 0.1) is 11.3 Å². The van der Waals surface area contributed by atoms with Crippen LogP contribution in [-0.4, -0.2) is 0 Å². The molecular weight excluding hydrogens is 293 g/mol. The third kappa shape index (κ3) is 3.06. The van der Waals surface area contributed by atoms with Crippen molar-refractivity contribution < 1.29 is 4.39 Å². The number of hydrogen-bond acceptors (Lipinski definition) is 1. The molecule has 2 rings (SSSR count). The number of hydrogen-bond donors (Lipinski definition) is 0.